The van der Waals surface area contributed by atoms with Gasteiger partial charge in [-0.1, -0.05) is 6.07 Å². The van der Waals surface area contributed by atoms with Crippen molar-refractivity contribution in [2.45, 2.75) is 6.42 Å². The second-order valence-electron chi connectivity index (χ2n) is 2.93. The van der Waals surface area contributed by atoms with Crippen molar-refractivity contribution < 1.29 is 14.3 Å². The highest BCUT2D eigenvalue weighted by Gasteiger charge is 2.09. The van der Waals surface area contributed by atoms with E-state index in [4.69, 9.17) is 9.52 Å². The summed E-state index contributed by atoms with van der Waals surface area (Å²) in [6.07, 6.45) is 2.81. The van der Waals surface area contributed by atoms with Crippen LogP contribution in [0.4, 0.5) is 0 Å². The first-order chi connectivity index (χ1) is 7.25. The van der Waals surface area contributed by atoms with Gasteiger partial charge in [-0.2, -0.15) is 0 Å². The summed E-state index contributed by atoms with van der Waals surface area (Å²) in [6.45, 7) is 0. The molecule has 0 unspecified atom stereocenters. The van der Waals surface area contributed by atoms with Crippen LogP contribution in [-0.4, -0.2) is 21.0 Å². The topological polar surface area (TPSA) is 76.2 Å². The molecule has 2 aromatic rings. The summed E-state index contributed by atoms with van der Waals surface area (Å²) in [5.41, 5.74) is 0.984. The van der Waals surface area contributed by atoms with Crippen LogP contribution in [0.5, 0.6) is 0 Å². The molecule has 5 nitrogen and oxygen atoms in total. The van der Waals surface area contributed by atoms with Crippen LogP contribution in [0, 0.1) is 0 Å². The summed E-state index contributed by atoms with van der Waals surface area (Å²) in [5, 5.41) is 8.55. The van der Waals surface area contributed by atoms with E-state index in [1.54, 1.807) is 18.3 Å². The highest BCUT2D eigenvalue weighted by molar-refractivity contribution is 5.69. The zero-order valence-electron chi connectivity index (χ0n) is 7.75. The van der Waals surface area contributed by atoms with Crippen LogP contribution in [-0.2, 0) is 11.2 Å². The van der Waals surface area contributed by atoms with E-state index in [2.05, 4.69) is 9.97 Å². The predicted octanol–water partition coefficient (Wildman–Crippen LogP) is 1.36. The number of nitrogens with zero attached hydrogens (tertiary/aromatic N) is 2. The number of carboxylic acid groups (broad SMARTS) is 1. The van der Waals surface area contributed by atoms with Crippen LogP contribution in [0.1, 0.15) is 5.69 Å². The van der Waals surface area contributed by atoms with Crippen molar-refractivity contribution in [2.24, 2.45) is 0 Å². The molecule has 76 valence electrons. The SMILES string of the molecule is O=C(O)Cc1coc(-c2ccccn2)n1. The first-order valence-electron chi connectivity index (χ1n) is 4.33. The van der Waals surface area contributed by atoms with E-state index in [9.17, 15) is 4.79 Å². The third-order valence-electron chi connectivity index (χ3n) is 1.77. The lowest BCUT2D eigenvalue weighted by Crippen LogP contribution is -1.99. The molecule has 0 bridgehead atoms. The number of carbonyl (C=O) groups is 1. The Morgan fingerprint density at radius 2 is 2.33 bits per heavy atom. The van der Waals surface area contributed by atoms with Crippen molar-refractivity contribution in [3.63, 3.8) is 0 Å². The largest absolute Gasteiger partial charge is 0.481 e. The molecule has 0 aromatic carbocycles. The van der Waals surface area contributed by atoms with Gasteiger partial charge >= 0.3 is 5.97 Å². The maximum absolute atomic E-state index is 10.4. The average molecular weight is 204 g/mol. The molecule has 2 heterocycles. The highest BCUT2D eigenvalue weighted by Crippen LogP contribution is 2.15. The Balaban J connectivity index is 2.24. The van der Waals surface area contributed by atoms with E-state index in [0.29, 0.717) is 17.3 Å². The molecule has 0 fully saturated rings. The van der Waals surface area contributed by atoms with Gasteiger partial charge < -0.3 is 9.52 Å². The Bertz CT molecular complexity index is 465. The summed E-state index contributed by atoms with van der Waals surface area (Å²) in [7, 11) is 0. The molecule has 2 aromatic heterocycles. The van der Waals surface area contributed by atoms with E-state index < -0.39 is 5.97 Å². The third-order valence-corrected chi connectivity index (χ3v) is 1.77. The molecule has 0 spiro atoms. The molecule has 15 heavy (non-hydrogen) atoms. The van der Waals surface area contributed by atoms with E-state index in [-0.39, 0.29) is 6.42 Å². The smallest absolute Gasteiger partial charge is 0.309 e. The Hall–Kier alpha value is -2.17. The molecule has 0 saturated carbocycles. The zero-order valence-corrected chi connectivity index (χ0v) is 7.75. The van der Waals surface area contributed by atoms with Gasteiger partial charge in [0, 0.05) is 6.20 Å². The summed E-state index contributed by atoms with van der Waals surface area (Å²) in [6, 6.07) is 5.34. The Morgan fingerprint density at radius 1 is 1.47 bits per heavy atom. The summed E-state index contributed by atoms with van der Waals surface area (Å²) < 4.78 is 5.11. The Morgan fingerprint density at radius 3 is 3.00 bits per heavy atom. The maximum atomic E-state index is 10.4. The van der Waals surface area contributed by atoms with Crippen molar-refractivity contribution in [3.8, 4) is 11.6 Å². The molecule has 0 aliphatic carbocycles. The number of hydrogen-bond acceptors (Lipinski definition) is 4. The van der Waals surface area contributed by atoms with E-state index in [1.165, 1.54) is 6.26 Å². The first-order valence-corrected chi connectivity index (χ1v) is 4.33. The minimum atomic E-state index is -0.934. The van der Waals surface area contributed by atoms with E-state index in [1.807, 2.05) is 6.07 Å². The van der Waals surface area contributed by atoms with Crippen LogP contribution >= 0.6 is 0 Å². The van der Waals surface area contributed by atoms with Gasteiger partial charge in [0.1, 0.15) is 12.0 Å². The minimum absolute atomic E-state index is 0.143. The van der Waals surface area contributed by atoms with Crippen molar-refractivity contribution >= 4 is 5.97 Å². The second-order valence-corrected chi connectivity index (χ2v) is 2.93. The standard InChI is InChI=1S/C10H8N2O3/c13-9(14)5-7-6-15-10(12-7)8-3-1-2-4-11-8/h1-4,6H,5H2,(H,13,14). The summed E-state index contributed by atoms with van der Waals surface area (Å²) >= 11 is 0. The molecular formula is C10H8N2O3. The van der Waals surface area contributed by atoms with Crippen molar-refractivity contribution in [3.05, 3.63) is 36.4 Å². The highest BCUT2D eigenvalue weighted by atomic mass is 16.4. The molecule has 0 atom stereocenters. The molecule has 2 rings (SSSR count). The number of aliphatic carboxylic acids is 1. The Kier molecular flexibility index (Phi) is 2.45. The number of pyridine rings is 1. The molecular weight excluding hydrogens is 196 g/mol. The number of oxazole rings is 1. The van der Waals surface area contributed by atoms with E-state index >= 15 is 0 Å². The van der Waals surface area contributed by atoms with Crippen LogP contribution in [0.3, 0.4) is 0 Å². The Labute approximate surface area is 85.4 Å². The molecule has 1 N–H and O–H groups in total. The van der Waals surface area contributed by atoms with Gasteiger partial charge in [0.2, 0.25) is 5.89 Å². The van der Waals surface area contributed by atoms with Gasteiger partial charge in [-0.15, -0.1) is 0 Å². The summed E-state index contributed by atoms with van der Waals surface area (Å²) in [5.74, 6) is -0.595. The average Bonchev–Trinajstić information content (AvgIpc) is 2.67. The molecule has 0 amide bonds. The van der Waals surface area contributed by atoms with Gasteiger partial charge in [-0.25, -0.2) is 4.98 Å². The van der Waals surface area contributed by atoms with Gasteiger partial charge in [0.25, 0.3) is 0 Å². The maximum Gasteiger partial charge on any atom is 0.309 e. The second kappa shape index (κ2) is 3.91. The number of aromatic nitrogens is 2. The van der Waals surface area contributed by atoms with Gasteiger partial charge in [-0.05, 0) is 12.1 Å². The normalized spacial score (nSPS) is 10.1. The lowest BCUT2D eigenvalue weighted by molar-refractivity contribution is -0.136. The van der Waals surface area contributed by atoms with Crippen LogP contribution in [0.25, 0.3) is 11.6 Å². The van der Waals surface area contributed by atoms with Gasteiger partial charge in [-0.3, -0.25) is 9.78 Å². The molecule has 0 radical (unpaired) electrons. The quantitative estimate of drug-likeness (QED) is 0.816. The number of hydrogen-bond donors (Lipinski definition) is 1. The van der Waals surface area contributed by atoms with Crippen LogP contribution < -0.4 is 0 Å². The first kappa shape index (κ1) is 9.39. The fourth-order valence-corrected chi connectivity index (χ4v) is 1.15. The van der Waals surface area contributed by atoms with Crippen molar-refractivity contribution in [1.29, 1.82) is 0 Å². The van der Waals surface area contributed by atoms with Gasteiger partial charge in [0.05, 0.1) is 12.1 Å². The third kappa shape index (κ3) is 2.19. The predicted molar refractivity (Wildman–Crippen MR) is 51.1 cm³/mol. The minimum Gasteiger partial charge on any atom is -0.481 e. The fraction of sp³-hybridized carbons (Fsp3) is 0.100. The van der Waals surface area contributed by atoms with Gasteiger partial charge in [0.15, 0.2) is 0 Å². The monoisotopic (exact) mass is 204 g/mol. The van der Waals surface area contributed by atoms with Crippen LogP contribution in [0.2, 0.25) is 0 Å². The lowest BCUT2D eigenvalue weighted by atomic mass is 10.3. The molecule has 5 heteroatoms. The number of rotatable bonds is 3. The fourth-order valence-electron chi connectivity index (χ4n) is 1.15. The molecule has 0 aliphatic heterocycles. The van der Waals surface area contributed by atoms with Crippen LogP contribution in [0.15, 0.2) is 35.1 Å². The molecule has 0 aliphatic rings. The van der Waals surface area contributed by atoms with E-state index in [0.717, 1.165) is 0 Å². The van der Waals surface area contributed by atoms with Crippen molar-refractivity contribution in [2.75, 3.05) is 0 Å². The zero-order chi connectivity index (χ0) is 10.7. The molecule has 0 saturated heterocycles. The van der Waals surface area contributed by atoms with Crippen molar-refractivity contribution in [1.82, 2.24) is 9.97 Å². The lowest BCUT2D eigenvalue weighted by Gasteiger charge is -1.91. The summed E-state index contributed by atoms with van der Waals surface area (Å²) in [4.78, 5) is 18.5. The number of carboxylic acids is 1.